The lowest BCUT2D eigenvalue weighted by Gasteiger charge is -2.22. The van der Waals surface area contributed by atoms with Crippen molar-refractivity contribution in [3.05, 3.63) is 0 Å². The minimum absolute atomic E-state index is 0.140. The fraction of sp³-hybridized carbons (Fsp3) is 0.900. The van der Waals surface area contributed by atoms with Crippen LogP contribution in [-0.4, -0.2) is 50.1 Å². The summed E-state index contributed by atoms with van der Waals surface area (Å²) in [6.07, 6.45) is 2.15. The highest BCUT2D eigenvalue weighted by atomic mass is 16.2. The molecule has 0 aromatic carbocycles. The monoisotopic (exact) mass is 199 g/mol. The predicted octanol–water partition coefficient (Wildman–Crippen LogP) is -0.194. The molecule has 1 heterocycles. The number of nitrogens with zero attached hydrogens (tertiary/aromatic N) is 1. The van der Waals surface area contributed by atoms with Crippen molar-refractivity contribution in [3.63, 3.8) is 0 Å². The normalized spacial score (nSPS) is 21.5. The lowest BCUT2D eigenvalue weighted by atomic mass is 10.2. The van der Waals surface area contributed by atoms with Gasteiger partial charge in [0.1, 0.15) is 0 Å². The van der Waals surface area contributed by atoms with Crippen LogP contribution in [0.5, 0.6) is 0 Å². The minimum atomic E-state index is 0.140. The number of rotatable bonds is 5. The Balaban J connectivity index is 2.18. The highest BCUT2D eigenvalue weighted by Gasteiger charge is 2.20. The summed E-state index contributed by atoms with van der Waals surface area (Å²) >= 11 is 0. The Bertz CT molecular complexity index is 178. The summed E-state index contributed by atoms with van der Waals surface area (Å²) in [6, 6.07) is 0.530. The molecule has 1 aliphatic heterocycles. The molecule has 0 spiro atoms. The van der Waals surface area contributed by atoms with Gasteiger partial charge in [0, 0.05) is 19.1 Å². The van der Waals surface area contributed by atoms with Crippen molar-refractivity contribution in [2.24, 2.45) is 0 Å². The van der Waals surface area contributed by atoms with Gasteiger partial charge in [0.2, 0.25) is 5.91 Å². The molecule has 0 saturated carbocycles. The molecule has 2 N–H and O–H groups in total. The van der Waals surface area contributed by atoms with E-state index in [1.54, 1.807) is 0 Å². The van der Waals surface area contributed by atoms with E-state index in [0.717, 1.165) is 32.5 Å². The van der Waals surface area contributed by atoms with Gasteiger partial charge < -0.3 is 10.6 Å². The van der Waals surface area contributed by atoms with Crippen LogP contribution in [0.1, 0.15) is 19.8 Å². The van der Waals surface area contributed by atoms with Crippen LogP contribution in [0.4, 0.5) is 0 Å². The Morgan fingerprint density at radius 3 is 3.00 bits per heavy atom. The first-order valence-electron chi connectivity index (χ1n) is 5.41. The fourth-order valence-corrected chi connectivity index (χ4v) is 1.69. The molecule has 1 amide bonds. The molecular weight excluding hydrogens is 178 g/mol. The van der Waals surface area contributed by atoms with Crippen molar-refractivity contribution in [1.29, 1.82) is 0 Å². The van der Waals surface area contributed by atoms with Crippen molar-refractivity contribution in [1.82, 2.24) is 15.5 Å². The van der Waals surface area contributed by atoms with E-state index in [-0.39, 0.29) is 5.91 Å². The molecule has 0 aliphatic carbocycles. The maximum Gasteiger partial charge on any atom is 0.234 e. The molecule has 1 unspecified atom stereocenters. The zero-order valence-corrected chi connectivity index (χ0v) is 9.18. The van der Waals surface area contributed by atoms with Crippen LogP contribution in [-0.2, 0) is 4.79 Å². The second kappa shape index (κ2) is 5.98. The number of carbonyl (C=O) groups is 1. The highest BCUT2D eigenvalue weighted by molar-refractivity contribution is 5.77. The van der Waals surface area contributed by atoms with Crippen LogP contribution in [0.2, 0.25) is 0 Å². The van der Waals surface area contributed by atoms with Crippen LogP contribution >= 0.6 is 0 Å². The first kappa shape index (κ1) is 11.5. The van der Waals surface area contributed by atoms with Gasteiger partial charge in [0.05, 0.1) is 6.54 Å². The molecule has 0 bridgehead atoms. The molecule has 1 atom stereocenters. The molecule has 0 radical (unpaired) electrons. The third-order valence-corrected chi connectivity index (χ3v) is 2.62. The van der Waals surface area contributed by atoms with Crippen LogP contribution in [0.25, 0.3) is 0 Å². The van der Waals surface area contributed by atoms with E-state index in [4.69, 9.17) is 0 Å². The first-order chi connectivity index (χ1) is 6.74. The van der Waals surface area contributed by atoms with Gasteiger partial charge in [-0.05, 0) is 26.4 Å². The molecule has 1 fully saturated rings. The Labute approximate surface area is 86.0 Å². The zero-order chi connectivity index (χ0) is 10.4. The van der Waals surface area contributed by atoms with Gasteiger partial charge in [0.15, 0.2) is 0 Å². The highest BCUT2D eigenvalue weighted by Crippen LogP contribution is 2.04. The molecule has 14 heavy (non-hydrogen) atoms. The summed E-state index contributed by atoms with van der Waals surface area (Å²) in [5.41, 5.74) is 0. The molecule has 0 aromatic rings. The number of nitrogens with one attached hydrogen (secondary N) is 2. The summed E-state index contributed by atoms with van der Waals surface area (Å²) in [7, 11) is 2.02. The Hall–Kier alpha value is -0.610. The lowest BCUT2D eigenvalue weighted by molar-refractivity contribution is -0.122. The molecular formula is C10H21N3O. The summed E-state index contributed by atoms with van der Waals surface area (Å²) < 4.78 is 0. The van der Waals surface area contributed by atoms with E-state index in [9.17, 15) is 4.79 Å². The maximum absolute atomic E-state index is 11.4. The van der Waals surface area contributed by atoms with Crippen LogP contribution < -0.4 is 10.6 Å². The van der Waals surface area contributed by atoms with Crippen molar-refractivity contribution < 1.29 is 4.79 Å². The van der Waals surface area contributed by atoms with Gasteiger partial charge >= 0.3 is 0 Å². The molecule has 82 valence electrons. The van der Waals surface area contributed by atoms with Gasteiger partial charge in [-0.3, -0.25) is 9.69 Å². The third-order valence-electron chi connectivity index (χ3n) is 2.62. The first-order valence-corrected chi connectivity index (χ1v) is 5.41. The fourth-order valence-electron chi connectivity index (χ4n) is 1.69. The Morgan fingerprint density at radius 2 is 2.43 bits per heavy atom. The number of amides is 1. The van der Waals surface area contributed by atoms with E-state index in [2.05, 4.69) is 22.5 Å². The van der Waals surface area contributed by atoms with E-state index >= 15 is 0 Å². The average molecular weight is 199 g/mol. The van der Waals surface area contributed by atoms with E-state index < -0.39 is 0 Å². The SMILES string of the molecule is CCCNC(=O)CN(C)C1CCNC1. The van der Waals surface area contributed by atoms with Gasteiger partial charge in [-0.2, -0.15) is 0 Å². The van der Waals surface area contributed by atoms with Gasteiger partial charge in [0.25, 0.3) is 0 Å². The summed E-state index contributed by atoms with van der Waals surface area (Å²) in [4.78, 5) is 13.5. The Kier molecular flexibility index (Phi) is 4.90. The average Bonchev–Trinajstić information content (AvgIpc) is 2.67. The number of carbonyl (C=O) groups excluding carboxylic acids is 1. The van der Waals surface area contributed by atoms with E-state index in [0.29, 0.717) is 12.6 Å². The summed E-state index contributed by atoms with van der Waals surface area (Å²) in [5, 5.41) is 6.18. The second-order valence-electron chi connectivity index (χ2n) is 3.91. The van der Waals surface area contributed by atoms with Crippen molar-refractivity contribution >= 4 is 5.91 Å². The predicted molar refractivity (Wildman–Crippen MR) is 57.2 cm³/mol. The van der Waals surface area contributed by atoms with Crippen molar-refractivity contribution in [3.8, 4) is 0 Å². The van der Waals surface area contributed by atoms with Crippen molar-refractivity contribution in [2.45, 2.75) is 25.8 Å². The molecule has 1 aliphatic rings. The molecule has 0 aromatic heterocycles. The standard InChI is InChI=1S/C10H21N3O/c1-3-5-12-10(14)8-13(2)9-4-6-11-7-9/h9,11H,3-8H2,1-2H3,(H,12,14). The lowest BCUT2D eigenvalue weighted by Crippen LogP contribution is -2.41. The second-order valence-corrected chi connectivity index (χ2v) is 3.91. The molecule has 1 saturated heterocycles. The van der Waals surface area contributed by atoms with Gasteiger partial charge in [-0.1, -0.05) is 6.92 Å². The zero-order valence-electron chi connectivity index (χ0n) is 9.18. The van der Waals surface area contributed by atoms with Gasteiger partial charge in [-0.25, -0.2) is 0 Å². The minimum Gasteiger partial charge on any atom is -0.355 e. The van der Waals surface area contributed by atoms with Crippen molar-refractivity contribution in [2.75, 3.05) is 33.2 Å². The Morgan fingerprint density at radius 1 is 1.64 bits per heavy atom. The topological polar surface area (TPSA) is 44.4 Å². The number of hydrogen-bond donors (Lipinski definition) is 2. The van der Waals surface area contributed by atoms with Gasteiger partial charge in [-0.15, -0.1) is 0 Å². The largest absolute Gasteiger partial charge is 0.355 e. The van der Waals surface area contributed by atoms with E-state index in [1.165, 1.54) is 0 Å². The maximum atomic E-state index is 11.4. The molecule has 1 rings (SSSR count). The molecule has 4 nitrogen and oxygen atoms in total. The molecule has 4 heteroatoms. The third kappa shape index (κ3) is 3.64. The van der Waals surface area contributed by atoms with Crippen LogP contribution in [0.15, 0.2) is 0 Å². The summed E-state index contributed by atoms with van der Waals surface area (Å²) in [6.45, 7) is 5.45. The smallest absolute Gasteiger partial charge is 0.234 e. The van der Waals surface area contributed by atoms with Crippen LogP contribution in [0, 0.1) is 0 Å². The number of likely N-dealkylation sites (N-methyl/N-ethyl adjacent to an activating group) is 1. The summed E-state index contributed by atoms with van der Waals surface area (Å²) in [5.74, 6) is 0.140. The van der Waals surface area contributed by atoms with Crippen LogP contribution in [0.3, 0.4) is 0 Å². The number of hydrogen-bond acceptors (Lipinski definition) is 3. The van der Waals surface area contributed by atoms with E-state index in [1.807, 2.05) is 7.05 Å². The quantitative estimate of drug-likeness (QED) is 0.645.